The van der Waals surface area contributed by atoms with Crippen LogP contribution in [0.4, 0.5) is 0 Å². The SMILES string of the molecule is CC(C)CC1CNCCC1c1csc(C(C)(C)C)n1. The number of nitrogens with one attached hydrogen (secondary N) is 1. The Morgan fingerprint density at radius 2 is 2.16 bits per heavy atom. The molecular weight excluding hydrogens is 252 g/mol. The van der Waals surface area contributed by atoms with Crippen molar-refractivity contribution < 1.29 is 0 Å². The molecule has 0 aromatic carbocycles. The van der Waals surface area contributed by atoms with Gasteiger partial charge in [0.15, 0.2) is 0 Å². The average Bonchev–Trinajstić information content (AvgIpc) is 2.77. The Morgan fingerprint density at radius 3 is 2.74 bits per heavy atom. The van der Waals surface area contributed by atoms with Crippen molar-refractivity contribution in [3.8, 4) is 0 Å². The highest BCUT2D eigenvalue weighted by Crippen LogP contribution is 2.36. The van der Waals surface area contributed by atoms with Crippen molar-refractivity contribution in [3.63, 3.8) is 0 Å². The lowest BCUT2D eigenvalue weighted by molar-refractivity contribution is 0.276. The van der Waals surface area contributed by atoms with Crippen LogP contribution in [0.5, 0.6) is 0 Å². The second-order valence-corrected chi connectivity index (χ2v) is 8.17. The van der Waals surface area contributed by atoms with Crippen LogP contribution in [0.25, 0.3) is 0 Å². The molecule has 3 heteroatoms. The molecule has 1 saturated heterocycles. The van der Waals surface area contributed by atoms with E-state index < -0.39 is 0 Å². The first-order chi connectivity index (χ1) is 8.88. The molecule has 1 N–H and O–H groups in total. The van der Waals surface area contributed by atoms with Gasteiger partial charge >= 0.3 is 0 Å². The number of rotatable bonds is 3. The molecule has 0 radical (unpaired) electrons. The molecule has 1 aromatic heterocycles. The minimum absolute atomic E-state index is 0.184. The van der Waals surface area contributed by atoms with Crippen LogP contribution >= 0.6 is 11.3 Å². The maximum atomic E-state index is 4.95. The summed E-state index contributed by atoms with van der Waals surface area (Å²) in [6.07, 6.45) is 2.55. The van der Waals surface area contributed by atoms with Gasteiger partial charge in [0.1, 0.15) is 0 Å². The predicted octanol–water partition coefficient (Wildman–Crippen LogP) is 4.18. The zero-order valence-corrected chi connectivity index (χ0v) is 13.8. The van der Waals surface area contributed by atoms with E-state index >= 15 is 0 Å². The molecule has 1 aliphatic rings. The highest BCUT2D eigenvalue weighted by atomic mass is 32.1. The third-order valence-corrected chi connectivity index (χ3v) is 5.21. The van der Waals surface area contributed by atoms with E-state index in [1.807, 2.05) is 11.3 Å². The van der Waals surface area contributed by atoms with E-state index in [2.05, 4.69) is 45.3 Å². The Morgan fingerprint density at radius 1 is 1.42 bits per heavy atom. The Bertz CT molecular complexity index is 403. The number of hydrogen-bond donors (Lipinski definition) is 1. The van der Waals surface area contributed by atoms with Gasteiger partial charge in [0.2, 0.25) is 0 Å². The van der Waals surface area contributed by atoms with Gasteiger partial charge in [-0.15, -0.1) is 11.3 Å². The minimum atomic E-state index is 0.184. The van der Waals surface area contributed by atoms with Gasteiger partial charge in [0.05, 0.1) is 10.7 Å². The van der Waals surface area contributed by atoms with E-state index in [1.165, 1.54) is 23.5 Å². The van der Waals surface area contributed by atoms with Gasteiger partial charge in [0.25, 0.3) is 0 Å². The van der Waals surface area contributed by atoms with Gasteiger partial charge in [-0.3, -0.25) is 0 Å². The highest BCUT2D eigenvalue weighted by molar-refractivity contribution is 7.09. The van der Waals surface area contributed by atoms with Crippen molar-refractivity contribution in [1.29, 1.82) is 0 Å². The molecule has 0 amide bonds. The van der Waals surface area contributed by atoms with Gasteiger partial charge in [0, 0.05) is 16.7 Å². The molecule has 19 heavy (non-hydrogen) atoms. The molecule has 1 aliphatic heterocycles. The Kier molecular flexibility index (Phi) is 4.67. The van der Waals surface area contributed by atoms with Crippen LogP contribution in [0, 0.1) is 11.8 Å². The summed E-state index contributed by atoms with van der Waals surface area (Å²) < 4.78 is 0. The van der Waals surface area contributed by atoms with Gasteiger partial charge in [-0.2, -0.15) is 0 Å². The van der Waals surface area contributed by atoms with Crippen LogP contribution in [-0.2, 0) is 5.41 Å². The van der Waals surface area contributed by atoms with E-state index in [-0.39, 0.29) is 5.41 Å². The molecule has 108 valence electrons. The summed E-state index contributed by atoms with van der Waals surface area (Å²) in [7, 11) is 0. The third kappa shape index (κ3) is 3.79. The summed E-state index contributed by atoms with van der Waals surface area (Å²) in [5.41, 5.74) is 1.53. The summed E-state index contributed by atoms with van der Waals surface area (Å²) in [5, 5.41) is 7.14. The molecular formula is C16H28N2S. The second kappa shape index (κ2) is 5.92. The smallest absolute Gasteiger partial charge is 0.0981 e. The molecule has 0 saturated carbocycles. The van der Waals surface area contributed by atoms with Gasteiger partial charge in [-0.05, 0) is 37.8 Å². The number of thiazole rings is 1. The van der Waals surface area contributed by atoms with Crippen molar-refractivity contribution >= 4 is 11.3 Å². The van der Waals surface area contributed by atoms with Crippen LogP contribution in [0.15, 0.2) is 5.38 Å². The van der Waals surface area contributed by atoms with Crippen LogP contribution in [0.3, 0.4) is 0 Å². The van der Waals surface area contributed by atoms with E-state index in [4.69, 9.17) is 4.98 Å². The van der Waals surface area contributed by atoms with E-state index in [9.17, 15) is 0 Å². The summed E-state index contributed by atoms with van der Waals surface area (Å²) in [6.45, 7) is 13.7. The largest absolute Gasteiger partial charge is 0.316 e. The summed E-state index contributed by atoms with van der Waals surface area (Å²) in [5.74, 6) is 2.19. The number of aromatic nitrogens is 1. The van der Waals surface area contributed by atoms with Crippen molar-refractivity contribution in [2.24, 2.45) is 11.8 Å². The molecule has 2 nitrogen and oxygen atoms in total. The maximum absolute atomic E-state index is 4.95. The van der Waals surface area contributed by atoms with Crippen LogP contribution in [-0.4, -0.2) is 18.1 Å². The van der Waals surface area contributed by atoms with Crippen molar-refractivity contribution in [1.82, 2.24) is 10.3 Å². The molecule has 1 fully saturated rings. The van der Waals surface area contributed by atoms with E-state index in [1.54, 1.807) is 0 Å². The summed E-state index contributed by atoms with van der Waals surface area (Å²) in [6, 6.07) is 0. The zero-order valence-electron chi connectivity index (χ0n) is 13.0. The Balaban J connectivity index is 2.15. The highest BCUT2D eigenvalue weighted by Gasteiger charge is 2.29. The van der Waals surface area contributed by atoms with E-state index in [0.717, 1.165) is 24.9 Å². The van der Waals surface area contributed by atoms with Gasteiger partial charge in [-0.1, -0.05) is 34.6 Å². The first kappa shape index (κ1) is 15.0. The first-order valence-corrected chi connectivity index (χ1v) is 8.42. The molecule has 0 bridgehead atoms. The Hall–Kier alpha value is -0.410. The standard InChI is InChI=1S/C16H28N2S/c1-11(2)8-12-9-17-7-6-13(12)14-10-19-15(18-14)16(3,4)5/h10-13,17H,6-9H2,1-5H3. The predicted molar refractivity (Wildman–Crippen MR) is 84.0 cm³/mol. The van der Waals surface area contributed by atoms with Crippen molar-refractivity contribution in [2.45, 2.75) is 58.8 Å². The quantitative estimate of drug-likeness (QED) is 0.898. The second-order valence-electron chi connectivity index (χ2n) is 7.32. The van der Waals surface area contributed by atoms with Gasteiger partial charge in [-0.25, -0.2) is 4.98 Å². The number of hydrogen-bond acceptors (Lipinski definition) is 3. The van der Waals surface area contributed by atoms with Gasteiger partial charge < -0.3 is 5.32 Å². The monoisotopic (exact) mass is 280 g/mol. The van der Waals surface area contributed by atoms with E-state index in [0.29, 0.717) is 5.92 Å². The van der Waals surface area contributed by atoms with Crippen LogP contribution in [0.1, 0.15) is 64.1 Å². The minimum Gasteiger partial charge on any atom is -0.316 e. The fourth-order valence-electron chi connectivity index (χ4n) is 2.97. The fourth-order valence-corrected chi connectivity index (χ4v) is 3.94. The zero-order chi connectivity index (χ0) is 14.0. The van der Waals surface area contributed by atoms with Crippen LogP contribution < -0.4 is 5.32 Å². The lowest BCUT2D eigenvalue weighted by Crippen LogP contribution is -2.36. The molecule has 0 aliphatic carbocycles. The normalized spacial score (nSPS) is 24.9. The van der Waals surface area contributed by atoms with Crippen molar-refractivity contribution in [3.05, 3.63) is 16.1 Å². The first-order valence-electron chi connectivity index (χ1n) is 7.54. The third-order valence-electron chi connectivity index (χ3n) is 3.93. The molecule has 2 rings (SSSR count). The molecule has 2 heterocycles. The molecule has 1 aromatic rings. The lowest BCUT2D eigenvalue weighted by atomic mass is 9.79. The van der Waals surface area contributed by atoms with Crippen LogP contribution in [0.2, 0.25) is 0 Å². The fraction of sp³-hybridized carbons (Fsp3) is 0.812. The summed E-state index contributed by atoms with van der Waals surface area (Å²) in [4.78, 5) is 4.95. The maximum Gasteiger partial charge on any atom is 0.0981 e. The topological polar surface area (TPSA) is 24.9 Å². The molecule has 2 atom stereocenters. The Labute approximate surface area is 122 Å². The molecule has 0 spiro atoms. The average molecular weight is 280 g/mol. The number of nitrogens with zero attached hydrogens (tertiary/aromatic N) is 1. The summed E-state index contributed by atoms with van der Waals surface area (Å²) >= 11 is 1.84. The molecule has 2 unspecified atom stereocenters. The lowest BCUT2D eigenvalue weighted by Gasteiger charge is -2.32. The number of piperidine rings is 1. The van der Waals surface area contributed by atoms with Crippen molar-refractivity contribution in [2.75, 3.05) is 13.1 Å².